The Bertz CT molecular complexity index is 1040. The zero-order valence-electron chi connectivity index (χ0n) is 14.5. The van der Waals surface area contributed by atoms with Crippen LogP contribution in [0.25, 0.3) is 10.9 Å². The number of nitrogens with zero attached hydrogens (tertiary/aromatic N) is 3. The lowest BCUT2D eigenvalue weighted by Crippen LogP contribution is -2.22. The van der Waals surface area contributed by atoms with E-state index in [1.807, 2.05) is 0 Å². The van der Waals surface area contributed by atoms with Crippen molar-refractivity contribution < 1.29 is 18.7 Å². The number of rotatable bonds is 6. The van der Waals surface area contributed by atoms with E-state index in [2.05, 4.69) is 25.6 Å². The number of alkyl carbamates (subject to hydrolysis) is 1. The minimum Gasteiger partial charge on any atom is -0.487 e. The summed E-state index contributed by atoms with van der Waals surface area (Å²) in [5, 5.41) is 6.33. The van der Waals surface area contributed by atoms with Gasteiger partial charge in [0.1, 0.15) is 29.5 Å². The molecular formula is C18H15ClFN5O3. The van der Waals surface area contributed by atoms with Crippen molar-refractivity contribution in [2.75, 3.05) is 18.5 Å². The van der Waals surface area contributed by atoms with E-state index in [0.717, 1.165) is 6.20 Å². The molecule has 4 rings (SSSR count). The number of aromatic nitrogens is 3. The number of anilines is 1. The van der Waals surface area contributed by atoms with Gasteiger partial charge in [-0.2, -0.15) is 0 Å². The molecule has 8 nitrogen and oxygen atoms in total. The largest absolute Gasteiger partial charge is 0.487 e. The maximum absolute atomic E-state index is 13.8. The number of hydrogen-bond acceptors (Lipinski definition) is 7. The minimum atomic E-state index is -0.466. The van der Waals surface area contributed by atoms with Crippen LogP contribution in [0.4, 0.5) is 15.0 Å². The normalized spacial score (nSPS) is 15.9. The third-order valence-electron chi connectivity index (χ3n) is 4.14. The first-order chi connectivity index (χ1) is 13.6. The highest BCUT2D eigenvalue weighted by Crippen LogP contribution is 2.30. The molecule has 28 heavy (non-hydrogen) atoms. The van der Waals surface area contributed by atoms with Gasteiger partial charge in [-0.15, -0.1) is 0 Å². The topological polar surface area (TPSA) is 98.3 Å². The molecule has 1 aliphatic heterocycles. The highest BCUT2D eigenvalue weighted by Gasteiger charge is 2.23. The third kappa shape index (κ3) is 3.89. The van der Waals surface area contributed by atoms with Gasteiger partial charge in [-0.25, -0.2) is 19.2 Å². The molecule has 1 saturated heterocycles. The van der Waals surface area contributed by atoms with Crippen LogP contribution in [0, 0.1) is 5.82 Å². The van der Waals surface area contributed by atoms with Crippen LogP contribution in [0.1, 0.15) is 5.56 Å². The van der Waals surface area contributed by atoms with E-state index in [9.17, 15) is 9.18 Å². The molecule has 1 unspecified atom stereocenters. The van der Waals surface area contributed by atoms with Crippen molar-refractivity contribution in [3.05, 3.63) is 53.3 Å². The Kier molecular flexibility index (Phi) is 5.07. The van der Waals surface area contributed by atoms with Crippen LogP contribution >= 0.6 is 11.6 Å². The molecule has 3 heterocycles. The van der Waals surface area contributed by atoms with E-state index < -0.39 is 11.9 Å². The lowest BCUT2D eigenvalue weighted by Gasteiger charge is -2.14. The molecule has 1 atom stereocenters. The Hall–Kier alpha value is -3.20. The van der Waals surface area contributed by atoms with Gasteiger partial charge in [-0.05, 0) is 29.8 Å². The van der Waals surface area contributed by atoms with Crippen molar-refractivity contribution in [1.29, 1.82) is 0 Å². The fourth-order valence-electron chi connectivity index (χ4n) is 2.78. The van der Waals surface area contributed by atoms with Gasteiger partial charge in [0.2, 0.25) is 5.28 Å². The van der Waals surface area contributed by atoms with Gasteiger partial charge < -0.3 is 20.1 Å². The Balaban J connectivity index is 1.57. The number of benzene rings is 1. The van der Waals surface area contributed by atoms with Gasteiger partial charge in [0.25, 0.3) is 0 Å². The smallest absolute Gasteiger partial charge is 0.407 e. The van der Waals surface area contributed by atoms with Gasteiger partial charge in [-0.3, -0.25) is 4.98 Å². The first kappa shape index (κ1) is 18.2. The Labute approximate surface area is 164 Å². The third-order valence-corrected chi connectivity index (χ3v) is 4.31. The van der Waals surface area contributed by atoms with Crippen molar-refractivity contribution in [2.45, 2.75) is 12.6 Å². The number of carbonyl (C=O) groups excluding carboxylic acids is 1. The number of carbonyl (C=O) groups is 1. The summed E-state index contributed by atoms with van der Waals surface area (Å²) in [6, 6.07) is 6.91. The van der Waals surface area contributed by atoms with Gasteiger partial charge in [0.15, 0.2) is 6.10 Å². The molecule has 144 valence electrons. The van der Waals surface area contributed by atoms with Gasteiger partial charge in [0, 0.05) is 23.7 Å². The molecule has 2 aromatic heterocycles. The summed E-state index contributed by atoms with van der Waals surface area (Å²) in [6.45, 7) is 0.750. The highest BCUT2D eigenvalue weighted by atomic mass is 35.5. The second-order valence-electron chi connectivity index (χ2n) is 6.03. The lowest BCUT2D eigenvalue weighted by atomic mass is 10.2. The standard InChI is InChI=1S/C18H15ClFN5O3/c19-17-24-15-12(16(25-17)22-6-10-4-5-21-8-13(10)20)2-1-3-14(15)27-9-11-7-23-18(26)28-11/h1-5,8,11H,6-7,9H2,(H,23,26)(H,22,24,25). The van der Waals surface area contributed by atoms with E-state index >= 15 is 0 Å². The van der Waals surface area contributed by atoms with Gasteiger partial charge >= 0.3 is 6.09 Å². The van der Waals surface area contributed by atoms with E-state index in [0.29, 0.717) is 34.6 Å². The van der Waals surface area contributed by atoms with Gasteiger partial charge in [0.05, 0.1) is 12.7 Å². The van der Waals surface area contributed by atoms with Crippen molar-refractivity contribution in [3.63, 3.8) is 0 Å². The molecular weight excluding hydrogens is 389 g/mol. The molecule has 3 aromatic rings. The fourth-order valence-corrected chi connectivity index (χ4v) is 2.95. The first-order valence-electron chi connectivity index (χ1n) is 8.46. The number of cyclic esters (lactones) is 1. The van der Waals surface area contributed by atoms with E-state index in [4.69, 9.17) is 21.1 Å². The Morgan fingerprint density at radius 3 is 3.04 bits per heavy atom. The maximum atomic E-state index is 13.8. The second-order valence-corrected chi connectivity index (χ2v) is 6.37. The van der Waals surface area contributed by atoms with Crippen molar-refractivity contribution in [2.24, 2.45) is 0 Å². The minimum absolute atomic E-state index is 0.0233. The van der Waals surface area contributed by atoms with Crippen LogP contribution in [0.5, 0.6) is 5.75 Å². The Morgan fingerprint density at radius 2 is 2.25 bits per heavy atom. The monoisotopic (exact) mass is 403 g/mol. The summed E-state index contributed by atoms with van der Waals surface area (Å²) in [6.07, 6.45) is 1.82. The van der Waals surface area contributed by atoms with Crippen molar-refractivity contribution >= 4 is 34.4 Å². The average Bonchev–Trinajstić information content (AvgIpc) is 3.11. The molecule has 1 fully saturated rings. The van der Waals surface area contributed by atoms with Gasteiger partial charge in [-0.1, -0.05) is 6.07 Å². The summed E-state index contributed by atoms with van der Waals surface area (Å²) in [4.78, 5) is 23.3. The average molecular weight is 404 g/mol. The maximum Gasteiger partial charge on any atom is 0.407 e. The quantitative estimate of drug-likeness (QED) is 0.610. The van der Waals surface area contributed by atoms with Crippen LogP contribution < -0.4 is 15.4 Å². The second kappa shape index (κ2) is 7.81. The number of hydrogen-bond donors (Lipinski definition) is 2. The van der Waals surface area contributed by atoms with Crippen LogP contribution in [-0.4, -0.2) is 40.3 Å². The fraction of sp³-hybridized carbons (Fsp3) is 0.222. The molecule has 1 aromatic carbocycles. The van der Waals surface area contributed by atoms with Crippen molar-refractivity contribution in [1.82, 2.24) is 20.3 Å². The summed E-state index contributed by atoms with van der Waals surface area (Å²) in [5.74, 6) is 0.511. The SMILES string of the molecule is O=C1NCC(COc2cccc3c(NCc4ccncc4F)nc(Cl)nc23)O1. The molecule has 0 radical (unpaired) electrons. The van der Waals surface area contributed by atoms with Crippen molar-refractivity contribution in [3.8, 4) is 5.75 Å². The molecule has 0 bridgehead atoms. The van der Waals surface area contributed by atoms with Crippen LogP contribution in [0.15, 0.2) is 36.7 Å². The summed E-state index contributed by atoms with van der Waals surface area (Å²) in [5.41, 5.74) is 0.943. The van der Waals surface area contributed by atoms with E-state index in [-0.39, 0.29) is 24.5 Å². The Morgan fingerprint density at radius 1 is 1.36 bits per heavy atom. The summed E-state index contributed by atoms with van der Waals surface area (Å²) < 4.78 is 24.6. The molecule has 10 heteroatoms. The number of fused-ring (bicyclic) bond motifs is 1. The summed E-state index contributed by atoms with van der Waals surface area (Å²) in [7, 11) is 0. The predicted molar refractivity (Wildman–Crippen MR) is 99.8 cm³/mol. The summed E-state index contributed by atoms with van der Waals surface area (Å²) >= 11 is 6.07. The van der Waals surface area contributed by atoms with Crippen LogP contribution in [0.3, 0.4) is 0 Å². The molecule has 2 N–H and O–H groups in total. The molecule has 1 aliphatic rings. The van der Waals surface area contributed by atoms with E-state index in [1.54, 1.807) is 24.3 Å². The predicted octanol–water partition coefficient (Wildman–Crippen LogP) is 2.92. The molecule has 1 amide bonds. The molecule has 0 spiro atoms. The number of para-hydroxylation sites is 1. The molecule has 0 saturated carbocycles. The number of halogens is 2. The van der Waals surface area contributed by atoms with E-state index in [1.165, 1.54) is 6.20 Å². The lowest BCUT2D eigenvalue weighted by molar-refractivity contribution is 0.105. The zero-order valence-corrected chi connectivity index (χ0v) is 15.2. The number of pyridine rings is 1. The van der Waals surface area contributed by atoms with Crippen LogP contribution in [-0.2, 0) is 11.3 Å². The molecule has 0 aliphatic carbocycles. The zero-order chi connectivity index (χ0) is 19.5. The number of amides is 1. The first-order valence-corrected chi connectivity index (χ1v) is 8.84. The highest BCUT2D eigenvalue weighted by molar-refractivity contribution is 6.29. The van der Waals surface area contributed by atoms with Crippen LogP contribution in [0.2, 0.25) is 5.28 Å². The number of ether oxygens (including phenoxy) is 2. The number of nitrogens with one attached hydrogen (secondary N) is 2.